The van der Waals surface area contributed by atoms with Crippen LogP contribution >= 0.6 is 0 Å². The number of rotatable bonds is 6. The van der Waals surface area contributed by atoms with Gasteiger partial charge in [0.05, 0.1) is 5.92 Å². The summed E-state index contributed by atoms with van der Waals surface area (Å²) in [5, 5.41) is 8.76. The van der Waals surface area contributed by atoms with Crippen LogP contribution in [0.3, 0.4) is 0 Å². The molecule has 0 amide bonds. The molecule has 0 aromatic heterocycles. The van der Waals surface area contributed by atoms with E-state index in [-0.39, 0.29) is 11.3 Å². The van der Waals surface area contributed by atoms with Crippen molar-refractivity contribution in [3.8, 4) is 0 Å². The van der Waals surface area contributed by atoms with Gasteiger partial charge < -0.3 is 5.11 Å². The van der Waals surface area contributed by atoms with Crippen LogP contribution in [0.2, 0.25) is 0 Å². The number of carboxylic acid groups (broad SMARTS) is 1. The Morgan fingerprint density at radius 2 is 2.07 bits per heavy atom. The maximum absolute atomic E-state index is 10.7. The van der Waals surface area contributed by atoms with Crippen LogP contribution in [0.15, 0.2) is 24.3 Å². The first-order valence-electron chi connectivity index (χ1n) is 5.32. The van der Waals surface area contributed by atoms with Gasteiger partial charge >= 0.3 is 5.97 Å². The van der Waals surface area contributed by atoms with Gasteiger partial charge in [-0.15, -0.1) is 0 Å². The average Bonchev–Trinajstić information content (AvgIpc) is 2.11. The summed E-state index contributed by atoms with van der Waals surface area (Å²) in [4.78, 5) is 10.7. The largest absolute Gasteiger partial charge is 0.481 e. The standard InChI is InChI=1S/C13H22O2/c1-10(2)6-8-13(4,5)9-7-11(3)12(14)15/h6,8,11H,1,7,9H2,2-5H3,(H,14,15)/b8-6+/t11-/m1/s1. The monoisotopic (exact) mass is 210 g/mol. The number of hydrogen-bond donors (Lipinski definition) is 1. The summed E-state index contributed by atoms with van der Waals surface area (Å²) in [6, 6.07) is 0. The maximum Gasteiger partial charge on any atom is 0.306 e. The molecule has 0 aliphatic heterocycles. The molecule has 15 heavy (non-hydrogen) atoms. The summed E-state index contributed by atoms with van der Waals surface area (Å²) < 4.78 is 0. The summed E-state index contributed by atoms with van der Waals surface area (Å²) in [6.45, 7) is 11.7. The van der Waals surface area contributed by atoms with Crippen molar-refractivity contribution in [1.29, 1.82) is 0 Å². The van der Waals surface area contributed by atoms with Crippen molar-refractivity contribution in [3.63, 3.8) is 0 Å². The highest BCUT2D eigenvalue weighted by molar-refractivity contribution is 5.69. The van der Waals surface area contributed by atoms with E-state index in [0.717, 1.165) is 12.0 Å². The van der Waals surface area contributed by atoms with Gasteiger partial charge in [0.1, 0.15) is 0 Å². The van der Waals surface area contributed by atoms with Crippen molar-refractivity contribution in [2.45, 2.75) is 40.5 Å². The summed E-state index contributed by atoms with van der Waals surface area (Å²) in [7, 11) is 0. The van der Waals surface area contributed by atoms with Gasteiger partial charge in [0.15, 0.2) is 0 Å². The lowest BCUT2D eigenvalue weighted by molar-refractivity contribution is -0.141. The molecule has 0 saturated heterocycles. The van der Waals surface area contributed by atoms with Crippen molar-refractivity contribution in [1.82, 2.24) is 0 Å². The van der Waals surface area contributed by atoms with Gasteiger partial charge in [0.25, 0.3) is 0 Å². The van der Waals surface area contributed by atoms with Crippen LogP contribution in [-0.2, 0) is 4.79 Å². The minimum Gasteiger partial charge on any atom is -0.481 e. The molecular weight excluding hydrogens is 188 g/mol. The molecule has 2 nitrogen and oxygen atoms in total. The highest BCUT2D eigenvalue weighted by Gasteiger charge is 2.18. The predicted molar refractivity (Wildman–Crippen MR) is 63.8 cm³/mol. The quantitative estimate of drug-likeness (QED) is 0.679. The Morgan fingerprint density at radius 3 is 2.47 bits per heavy atom. The number of carbonyl (C=O) groups is 1. The molecule has 0 spiro atoms. The first kappa shape index (κ1) is 13.9. The Bertz CT molecular complexity index is 262. The van der Waals surface area contributed by atoms with E-state index in [1.54, 1.807) is 6.92 Å². The maximum atomic E-state index is 10.7. The van der Waals surface area contributed by atoms with Gasteiger partial charge in [-0.1, -0.05) is 45.1 Å². The van der Waals surface area contributed by atoms with Crippen LogP contribution < -0.4 is 0 Å². The van der Waals surface area contributed by atoms with Gasteiger partial charge in [0, 0.05) is 0 Å². The Labute approximate surface area is 92.7 Å². The minimum atomic E-state index is -0.713. The predicted octanol–water partition coefficient (Wildman–Crippen LogP) is 3.65. The average molecular weight is 210 g/mol. The second-order valence-electron chi connectivity index (χ2n) is 4.95. The normalized spacial score (nSPS) is 14.1. The van der Waals surface area contributed by atoms with E-state index in [1.807, 2.05) is 13.0 Å². The van der Waals surface area contributed by atoms with E-state index in [0.29, 0.717) is 6.42 Å². The van der Waals surface area contributed by atoms with Gasteiger partial charge in [-0.25, -0.2) is 0 Å². The molecule has 0 aromatic carbocycles. The minimum absolute atomic E-state index is 0.0443. The van der Waals surface area contributed by atoms with E-state index in [9.17, 15) is 4.79 Å². The van der Waals surface area contributed by atoms with Crippen molar-refractivity contribution in [2.24, 2.45) is 11.3 Å². The van der Waals surface area contributed by atoms with Crippen molar-refractivity contribution < 1.29 is 9.90 Å². The lowest BCUT2D eigenvalue weighted by Gasteiger charge is -2.21. The molecule has 0 radical (unpaired) electrons. The molecule has 0 rings (SSSR count). The fourth-order valence-corrected chi connectivity index (χ4v) is 1.16. The molecule has 86 valence electrons. The van der Waals surface area contributed by atoms with Gasteiger partial charge in [-0.2, -0.15) is 0 Å². The van der Waals surface area contributed by atoms with Crippen LogP contribution in [0.25, 0.3) is 0 Å². The van der Waals surface area contributed by atoms with Gasteiger partial charge in [-0.05, 0) is 25.2 Å². The molecule has 0 fully saturated rings. The summed E-state index contributed by atoms with van der Waals surface area (Å²) in [5.41, 5.74) is 1.07. The lowest BCUT2D eigenvalue weighted by atomic mass is 9.84. The zero-order valence-corrected chi connectivity index (χ0v) is 10.2. The molecule has 0 aliphatic carbocycles. The first-order valence-corrected chi connectivity index (χ1v) is 5.32. The number of carboxylic acids is 1. The molecule has 1 atom stereocenters. The molecule has 0 aromatic rings. The summed E-state index contributed by atoms with van der Waals surface area (Å²) in [6.07, 6.45) is 5.68. The zero-order chi connectivity index (χ0) is 12.1. The van der Waals surface area contributed by atoms with Crippen molar-refractivity contribution in [2.75, 3.05) is 0 Å². The second-order valence-corrected chi connectivity index (χ2v) is 4.95. The highest BCUT2D eigenvalue weighted by atomic mass is 16.4. The third-order valence-corrected chi connectivity index (χ3v) is 2.46. The Balaban J connectivity index is 4.15. The summed E-state index contributed by atoms with van der Waals surface area (Å²) in [5.74, 6) is -0.975. The summed E-state index contributed by atoms with van der Waals surface area (Å²) >= 11 is 0. The Hall–Kier alpha value is -1.05. The molecule has 0 aliphatic rings. The van der Waals surface area contributed by atoms with Crippen molar-refractivity contribution in [3.05, 3.63) is 24.3 Å². The van der Waals surface area contributed by atoms with E-state index < -0.39 is 5.97 Å². The Morgan fingerprint density at radius 1 is 1.53 bits per heavy atom. The molecule has 1 N–H and O–H groups in total. The van der Waals surface area contributed by atoms with E-state index in [2.05, 4.69) is 26.5 Å². The van der Waals surface area contributed by atoms with Crippen LogP contribution in [0.5, 0.6) is 0 Å². The lowest BCUT2D eigenvalue weighted by Crippen LogP contribution is -2.14. The van der Waals surface area contributed by atoms with E-state index in [1.165, 1.54) is 0 Å². The van der Waals surface area contributed by atoms with E-state index >= 15 is 0 Å². The number of aliphatic carboxylic acids is 1. The van der Waals surface area contributed by atoms with Gasteiger partial charge in [0.2, 0.25) is 0 Å². The molecule has 0 saturated carbocycles. The smallest absolute Gasteiger partial charge is 0.306 e. The van der Waals surface area contributed by atoms with E-state index in [4.69, 9.17) is 5.11 Å². The molecular formula is C13H22O2. The van der Waals surface area contributed by atoms with Crippen LogP contribution in [0.1, 0.15) is 40.5 Å². The second kappa shape index (κ2) is 5.74. The molecule has 2 heteroatoms. The fourth-order valence-electron chi connectivity index (χ4n) is 1.16. The van der Waals surface area contributed by atoms with Crippen LogP contribution in [0, 0.1) is 11.3 Å². The third-order valence-electron chi connectivity index (χ3n) is 2.46. The van der Waals surface area contributed by atoms with Crippen LogP contribution in [0.4, 0.5) is 0 Å². The number of hydrogen-bond acceptors (Lipinski definition) is 1. The van der Waals surface area contributed by atoms with Crippen LogP contribution in [-0.4, -0.2) is 11.1 Å². The Kier molecular flexibility index (Phi) is 5.34. The highest BCUT2D eigenvalue weighted by Crippen LogP contribution is 2.26. The SMILES string of the molecule is C=C(C)/C=C/C(C)(C)CC[C@@H](C)C(=O)O. The molecule has 0 unspecified atom stereocenters. The number of allylic oxidation sites excluding steroid dienone is 3. The van der Waals surface area contributed by atoms with Crippen molar-refractivity contribution >= 4 is 5.97 Å². The first-order chi connectivity index (χ1) is 6.74. The molecule has 0 bridgehead atoms. The zero-order valence-electron chi connectivity index (χ0n) is 10.2. The third kappa shape index (κ3) is 6.95. The van der Waals surface area contributed by atoms with Gasteiger partial charge in [-0.3, -0.25) is 4.79 Å². The topological polar surface area (TPSA) is 37.3 Å². The fraction of sp³-hybridized carbons (Fsp3) is 0.615. The molecule has 0 heterocycles.